The van der Waals surface area contributed by atoms with Crippen LogP contribution in [0.2, 0.25) is 0 Å². The van der Waals surface area contributed by atoms with Crippen LogP contribution in [0.25, 0.3) is 22.4 Å². The lowest BCUT2D eigenvalue weighted by Gasteiger charge is -2.32. The Balaban J connectivity index is 1.35. The number of anilines is 1. The summed E-state index contributed by atoms with van der Waals surface area (Å²) in [5.74, 6) is 2.61. The van der Waals surface area contributed by atoms with Gasteiger partial charge in [0.05, 0.1) is 24.2 Å². The van der Waals surface area contributed by atoms with E-state index in [2.05, 4.69) is 10.1 Å². The number of rotatable bonds is 6. The molecule has 1 aliphatic heterocycles. The van der Waals surface area contributed by atoms with Gasteiger partial charge in [0.2, 0.25) is 5.91 Å². The van der Waals surface area contributed by atoms with E-state index in [0.29, 0.717) is 31.3 Å². The number of amides is 1. The van der Waals surface area contributed by atoms with Crippen LogP contribution in [0.1, 0.15) is 18.9 Å². The Morgan fingerprint density at radius 1 is 1.03 bits per heavy atom. The third kappa shape index (κ3) is 4.95. The molecule has 9 nitrogen and oxygen atoms in total. The first-order valence-corrected chi connectivity index (χ1v) is 11.7. The first-order valence-electron chi connectivity index (χ1n) is 11.7. The Kier molecular flexibility index (Phi) is 6.33. The van der Waals surface area contributed by atoms with Crippen molar-refractivity contribution in [1.29, 1.82) is 0 Å². The predicted molar refractivity (Wildman–Crippen MR) is 135 cm³/mol. The molecule has 4 aromatic rings. The van der Waals surface area contributed by atoms with Crippen LogP contribution < -0.4 is 10.5 Å². The highest BCUT2D eigenvalue weighted by molar-refractivity contribution is 5.87. The molecule has 180 valence electrons. The number of nitrogen functional groups attached to an aromatic ring is 1. The van der Waals surface area contributed by atoms with Gasteiger partial charge in [-0.1, -0.05) is 18.2 Å². The minimum absolute atomic E-state index is 0.153. The zero-order chi connectivity index (χ0) is 24.4. The lowest BCUT2D eigenvalue weighted by Crippen LogP contribution is -2.43. The fraction of sp³-hybridized carbons (Fsp3) is 0.308. The highest BCUT2D eigenvalue weighted by Crippen LogP contribution is 2.30. The molecule has 0 unspecified atom stereocenters. The number of aromatic nitrogens is 4. The molecule has 9 heteroatoms. The molecule has 0 saturated carbocycles. The van der Waals surface area contributed by atoms with Crippen molar-refractivity contribution in [3.8, 4) is 22.9 Å². The Labute approximate surface area is 204 Å². The van der Waals surface area contributed by atoms with E-state index < -0.39 is 0 Å². The number of ether oxygens (including phenoxy) is 1. The Morgan fingerprint density at radius 3 is 2.40 bits per heavy atom. The Hall–Kier alpha value is -3.98. The summed E-state index contributed by atoms with van der Waals surface area (Å²) in [6, 6.07) is 17.4. The van der Waals surface area contributed by atoms with Crippen LogP contribution in [0.4, 0.5) is 5.82 Å². The van der Waals surface area contributed by atoms with Gasteiger partial charge in [0.1, 0.15) is 17.3 Å². The lowest BCUT2D eigenvalue weighted by molar-refractivity contribution is -0.133. The molecule has 5 rings (SSSR count). The summed E-state index contributed by atoms with van der Waals surface area (Å²) in [5.41, 5.74) is 7.85. The van der Waals surface area contributed by atoms with E-state index in [1.807, 2.05) is 83.2 Å². The second-order valence-corrected chi connectivity index (χ2v) is 9.05. The largest absolute Gasteiger partial charge is 0.457 e. The van der Waals surface area contributed by atoms with Gasteiger partial charge in [-0.15, -0.1) is 0 Å². The number of nitrogens with two attached hydrogens (primary N) is 1. The SMILES string of the molecule is CN(C)CC(=O)N1CCC(n2ncc3c(N)nc(-c4ccc(Oc5ccccc5)cc4)nc32)CC1. The van der Waals surface area contributed by atoms with Crippen LogP contribution in [-0.2, 0) is 4.79 Å². The first-order chi connectivity index (χ1) is 17.0. The summed E-state index contributed by atoms with van der Waals surface area (Å²) in [6.07, 6.45) is 3.37. The van der Waals surface area contributed by atoms with E-state index in [1.54, 1.807) is 6.20 Å². The third-order valence-corrected chi connectivity index (χ3v) is 6.19. The average Bonchev–Trinajstić information content (AvgIpc) is 3.29. The van der Waals surface area contributed by atoms with Crippen molar-refractivity contribution in [3.05, 3.63) is 60.8 Å². The number of para-hydroxylation sites is 1. The van der Waals surface area contributed by atoms with Crippen LogP contribution >= 0.6 is 0 Å². The van der Waals surface area contributed by atoms with Gasteiger partial charge in [-0.3, -0.25) is 4.79 Å². The molecule has 0 atom stereocenters. The highest BCUT2D eigenvalue weighted by atomic mass is 16.5. The van der Waals surface area contributed by atoms with Crippen molar-refractivity contribution in [3.63, 3.8) is 0 Å². The summed E-state index contributed by atoms with van der Waals surface area (Å²) in [4.78, 5) is 25.6. The number of likely N-dealkylation sites (tertiary alicyclic amines) is 1. The zero-order valence-electron chi connectivity index (χ0n) is 20.0. The van der Waals surface area contributed by atoms with Crippen molar-refractivity contribution in [2.45, 2.75) is 18.9 Å². The van der Waals surface area contributed by atoms with E-state index in [-0.39, 0.29) is 11.9 Å². The van der Waals surface area contributed by atoms with E-state index >= 15 is 0 Å². The fourth-order valence-corrected chi connectivity index (χ4v) is 4.37. The quantitative estimate of drug-likeness (QED) is 0.458. The molecule has 1 fully saturated rings. The van der Waals surface area contributed by atoms with Gasteiger partial charge in [0, 0.05) is 18.7 Å². The number of carbonyl (C=O) groups excluding carboxylic acids is 1. The maximum atomic E-state index is 12.4. The second-order valence-electron chi connectivity index (χ2n) is 9.05. The van der Waals surface area contributed by atoms with Crippen LogP contribution in [0.3, 0.4) is 0 Å². The van der Waals surface area contributed by atoms with Crippen LogP contribution in [-0.4, -0.2) is 69.2 Å². The number of fused-ring (bicyclic) bond motifs is 1. The third-order valence-electron chi connectivity index (χ3n) is 6.19. The van der Waals surface area contributed by atoms with Gasteiger partial charge in [0.15, 0.2) is 11.5 Å². The maximum Gasteiger partial charge on any atom is 0.236 e. The van der Waals surface area contributed by atoms with Crippen molar-refractivity contribution >= 4 is 22.8 Å². The number of hydrogen-bond acceptors (Lipinski definition) is 7. The summed E-state index contributed by atoms with van der Waals surface area (Å²) in [6.45, 7) is 1.83. The van der Waals surface area contributed by atoms with Gasteiger partial charge >= 0.3 is 0 Å². The second kappa shape index (κ2) is 9.71. The molecule has 2 aromatic heterocycles. The molecular formula is C26H29N7O2. The van der Waals surface area contributed by atoms with Crippen molar-refractivity contribution in [1.82, 2.24) is 29.5 Å². The summed E-state index contributed by atoms with van der Waals surface area (Å²) >= 11 is 0. The van der Waals surface area contributed by atoms with Gasteiger partial charge in [-0.25, -0.2) is 14.6 Å². The molecule has 0 bridgehead atoms. The molecule has 1 aliphatic rings. The lowest BCUT2D eigenvalue weighted by atomic mass is 10.1. The smallest absolute Gasteiger partial charge is 0.236 e. The van der Waals surface area contributed by atoms with Crippen LogP contribution in [0, 0.1) is 0 Å². The van der Waals surface area contributed by atoms with Crippen molar-refractivity contribution < 1.29 is 9.53 Å². The molecule has 0 radical (unpaired) electrons. The number of carbonyl (C=O) groups is 1. The van der Waals surface area contributed by atoms with E-state index in [4.69, 9.17) is 15.5 Å². The fourth-order valence-electron chi connectivity index (χ4n) is 4.37. The number of nitrogens with zero attached hydrogens (tertiary/aromatic N) is 6. The maximum absolute atomic E-state index is 12.4. The monoisotopic (exact) mass is 471 g/mol. The van der Waals surface area contributed by atoms with Crippen LogP contribution in [0.15, 0.2) is 60.8 Å². The average molecular weight is 472 g/mol. The van der Waals surface area contributed by atoms with Crippen LogP contribution in [0.5, 0.6) is 11.5 Å². The molecule has 2 N–H and O–H groups in total. The topological polar surface area (TPSA) is 102 Å². The molecule has 35 heavy (non-hydrogen) atoms. The molecule has 1 saturated heterocycles. The van der Waals surface area contributed by atoms with Gasteiger partial charge in [-0.05, 0) is 63.3 Å². The molecule has 2 aromatic carbocycles. The van der Waals surface area contributed by atoms with E-state index in [0.717, 1.165) is 40.9 Å². The highest BCUT2D eigenvalue weighted by Gasteiger charge is 2.26. The molecule has 0 aliphatic carbocycles. The number of hydrogen-bond donors (Lipinski definition) is 1. The minimum atomic E-state index is 0.153. The zero-order valence-corrected chi connectivity index (χ0v) is 20.0. The van der Waals surface area contributed by atoms with Gasteiger partial charge < -0.3 is 20.3 Å². The van der Waals surface area contributed by atoms with Crippen molar-refractivity contribution in [2.75, 3.05) is 39.5 Å². The molecule has 0 spiro atoms. The predicted octanol–water partition coefficient (Wildman–Crippen LogP) is 3.59. The summed E-state index contributed by atoms with van der Waals surface area (Å²) in [5, 5.41) is 5.34. The number of piperidine rings is 1. The minimum Gasteiger partial charge on any atom is -0.457 e. The summed E-state index contributed by atoms with van der Waals surface area (Å²) in [7, 11) is 3.82. The van der Waals surface area contributed by atoms with E-state index in [1.165, 1.54) is 0 Å². The molecular weight excluding hydrogens is 442 g/mol. The summed E-state index contributed by atoms with van der Waals surface area (Å²) < 4.78 is 7.83. The Morgan fingerprint density at radius 2 is 1.71 bits per heavy atom. The van der Waals surface area contributed by atoms with E-state index in [9.17, 15) is 4.79 Å². The standard InChI is InChI=1S/C26H29N7O2/c1-31(2)17-23(34)32-14-12-19(13-15-32)33-26-22(16-28-33)24(27)29-25(30-26)18-8-10-21(11-9-18)35-20-6-4-3-5-7-20/h3-11,16,19H,12-15,17H2,1-2H3,(H2,27,29,30). The molecule has 3 heterocycles. The normalized spacial score (nSPS) is 14.5. The molecule has 1 amide bonds. The number of benzene rings is 2. The van der Waals surface area contributed by atoms with Gasteiger partial charge in [0.25, 0.3) is 0 Å². The first kappa shape index (κ1) is 22.8. The number of likely N-dealkylation sites (N-methyl/N-ethyl adjacent to an activating group) is 1. The van der Waals surface area contributed by atoms with Gasteiger partial charge in [-0.2, -0.15) is 5.10 Å². The Bertz CT molecular complexity index is 1310. The van der Waals surface area contributed by atoms with Crippen molar-refractivity contribution in [2.24, 2.45) is 0 Å².